The summed E-state index contributed by atoms with van der Waals surface area (Å²) in [7, 11) is 0. The van der Waals surface area contributed by atoms with E-state index >= 15 is 0 Å². The molecule has 2 heterocycles. The minimum atomic E-state index is -1.02. The summed E-state index contributed by atoms with van der Waals surface area (Å²) >= 11 is 0. The fourth-order valence-electron chi connectivity index (χ4n) is 1.32. The van der Waals surface area contributed by atoms with Crippen LogP contribution in [0.15, 0.2) is 31.1 Å². The summed E-state index contributed by atoms with van der Waals surface area (Å²) in [5, 5.41) is 9.56. The van der Waals surface area contributed by atoms with Crippen LogP contribution in [0, 0.1) is 0 Å². The molecule has 2 N–H and O–H groups in total. The number of H-pyrrole nitrogens is 1. The number of aromatic nitrogens is 2. The van der Waals surface area contributed by atoms with Gasteiger partial charge in [-0.05, 0) is 12.1 Å². The number of aliphatic carboxylic acids is 1. The van der Waals surface area contributed by atoms with Crippen molar-refractivity contribution in [3.63, 3.8) is 0 Å². The first kappa shape index (κ1) is 8.50. The van der Waals surface area contributed by atoms with Crippen molar-refractivity contribution >= 4 is 22.6 Å². The van der Waals surface area contributed by atoms with E-state index in [9.17, 15) is 4.79 Å². The Morgan fingerprint density at radius 2 is 2.36 bits per heavy atom. The summed E-state index contributed by atoms with van der Waals surface area (Å²) in [5.41, 5.74) is 1.33. The van der Waals surface area contributed by atoms with Crippen LogP contribution in [0.2, 0.25) is 0 Å². The predicted molar refractivity (Wildman–Crippen MR) is 52.8 cm³/mol. The largest absolute Gasteiger partial charge is 0.478 e. The van der Waals surface area contributed by atoms with Gasteiger partial charge >= 0.3 is 5.97 Å². The molecule has 0 bridgehead atoms. The molecule has 2 aromatic rings. The highest BCUT2D eigenvalue weighted by molar-refractivity contribution is 6.18. The van der Waals surface area contributed by atoms with Gasteiger partial charge in [0.25, 0.3) is 0 Å². The number of nitrogens with zero attached hydrogens (tertiary/aromatic N) is 1. The van der Waals surface area contributed by atoms with Gasteiger partial charge in [-0.15, -0.1) is 0 Å². The highest BCUT2D eigenvalue weighted by Gasteiger charge is 2.12. The highest BCUT2D eigenvalue weighted by Crippen LogP contribution is 2.22. The maximum absolute atomic E-state index is 10.7. The van der Waals surface area contributed by atoms with Crippen LogP contribution in [-0.4, -0.2) is 21.0 Å². The smallest absolute Gasteiger partial charge is 0.335 e. The maximum atomic E-state index is 10.7. The zero-order valence-electron chi connectivity index (χ0n) is 7.32. The van der Waals surface area contributed by atoms with Crippen LogP contribution in [0.25, 0.3) is 16.6 Å². The fraction of sp³-hybridized carbons (Fsp3) is 0. The second-order valence-electron chi connectivity index (χ2n) is 2.89. The third kappa shape index (κ3) is 1.17. The van der Waals surface area contributed by atoms with Gasteiger partial charge in [-0.1, -0.05) is 6.58 Å². The van der Waals surface area contributed by atoms with Gasteiger partial charge in [0, 0.05) is 23.3 Å². The lowest BCUT2D eigenvalue weighted by Crippen LogP contribution is -1.96. The van der Waals surface area contributed by atoms with Gasteiger partial charge in [0.1, 0.15) is 5.65 Å². The Labute approximate surface area is 79.9 Å². The Hall–Kier alpha value is -2.10. The van der Waals surface area contributed by atoms with Crippen LogP contribution >= 0.6 is 0 Å². The van der Waals surface area contributed by atoms with Gasteiger partial charge in [0.2, 0.25) is 0 Å². The van der Waals surface area contributed by atoms with E-state index in [1.807, 2.05) is 6.07 Å². The zero-order chi connectivity index (χ0) is 10.1. The van der Waals surface area contributed by atoms with Crippen molar-refractivity contribution in [2.24, 2.45) is 0 Å². The van der Waals surface area contributed by atoms with E-state index in [-0.39, 0.29) is 5.57 Å². The predicted octanol–water partition coefficient (Wildman–Crippen LogP) is 1.66. The topological polar surface area (TPSA) is 66.0 Å². The molecule has 0 saturated carbocycles. The number of carboxylic acids is 1. The summed E-state index contributed by atoms with van der Waals surface area (Å²) in [6, 6.07) is 3.57. The number of carboxylic acid groups (broad SMARTS) is 1. The fourth-order valence-corrected chi connectivity index (χ4v) is 1.32. The van der Waals surface area contributed by atoms with Crippen LogP contribution in [0.1, 0.15) is 5.56 Å². The zero-order valence-corrected chi connectivity index (χ0v) is 7.32. The molecular weight excluding hydrogens is 180 g/mol. The van der Waals surface area contributed by atoms with Crippen LogP contribution in [-0.2, 0) is 4.79 Å². The molecule has 0 aliphatic carbocycles. The number of fused-ring (bicyclic) bond motifs is 1. The number of pyridine rings is 1. The number of hydrogen-bond acceptors (Lipinski definition) is 2. The molecule has 0 aromatic carbocycles. The molecule has 0 aliphatic rings. The molecule has 14 heavy (non-hydrogen) atoms. The average Bonchev–Trinajstić information content (AvgIpc) is 2.60. The first-order valence-corrected chi connectivity index (χ1v) is 4.05. The number of hydrogen-bond donors (Lipinski definition) is 2. The molecule has 0 saturated heterocycles. The molecule has 0 radical (unpaired) electrons. The van der Waals surface area contributed by atoms with Crippen LogP contribution < -0.4 is 0 Å². The lowest BCUT2D eigenvalue weighted by molar-refractivity contribution is -0.130. The summed E-state index contributed by atoms with van der Waals surface area (Å²) in [6.07, 6.45) is 3.25. The van der Waals surface area contributed by atoms with E-state index in [4.69, 9.17) is 5.11 Å². The van der Waals surface area contributed by atoms with Crippen molar-refractivity contribution in [3.8, 4) is 0 Å². The summed E-state index contributed by atoms with van der Waals surface area (Å²) in [6.45, 7) is 3.50. The Balaban J connectivity index is 2.64. The van der Waals surface area contributed by atoms with Crippen molar-refractivity contribution in [2.45, 2.75) is 0 Å². The van der Waals surface area contributed by atoms with Gasteiger partial charge in [0.05, 0.1) is 5.57 Å². The second-order valence-corrected chi connectivity index (χ2v) is 2.89. The Bertz CT molecular complexity index is 514. The number of aromatic amines is 1. The molecule has 4 heteroatoms. The summed E-state index contributed by atoms with van der Waals surface area (Å²) < 4.78 is 0. The van der Waals surface area contributed by atoms with Crippen molar-refractivity contribution in [1.29, 1.82) is 0 Å². The Morgan fingerprint density at radius 1 is 1.57 bits per heavy atom. The Morgan fingerprint density at radius 3 is 3.07 bits per heavy atom. The van der Waals surface area contributed by atoms with E-state index in [0.29, 0.717) is 11.2 Å². The van der Waals surface area contributed by atoms with Gasteiger partial charge < -0.3 is 10.1 Å². The molecule has 0 amide bonds. The minimum Gasteiger partial charge on any atom is -0.478 e. The van der Waals surface area contributed by atoms with Gasteiger partial charge in [0.15, 0.2) is 0 Å². The van der Waals surface area contributed by atoms with E-state index in [2.05, 4.69) is 16.5 Å². The van der Waals surface area contributed by atoms with E-state index in [1.165, 1.54) is 0 Å². The quantitative estimate of drug-likeness (QED) is 0.704. The molecule has 0 spiro atoms. The van der Waals surface area contributed by atoms with Gasteiger partial charge in [-0.25, -0.2) is 9.78 Å². The van der Waals surface area contributed by atoms with Gasteiger partial charge in [-0.2, -0.15) is 0 Å². The standard InChI is InChI=1S/C10H8N2O2/c1-6(10(13)14)8-5-12-9-7(8)3-2-4-11-9/h2-5H,1H2,(H,11,12)(H,13,14). The summed E-state index contributed by atoms with van der Waals surface area (Å²) in [5.74, 6) is -1.02. The molecule has 0 atom stereocenters. The average molecular weight is 188 g/mol. The van der Waals surface area contributed by atoms with Crippen LogP contribution in [0.4, 0.5) is 0 Å². The van der Waals surface area contributed by atoms with Gasteiger partial charge in [-0.3, -0.25) is 0 Å². The molecule has 2 aromatic heterocycles. The monoisotopic (exact) mass is 188 g/mol. The first-order valence-electron chi connectivity index (χ1n) is 4.05. The van der Waals surface area contributed by atoms with E-state index < -0.39 is 5.97 Å². The number of rotatable bonds is 2. The van der Waals surface area contributed by atoms with Crippen LogP contribution in [0.5, 0.6) is 0 Å². The minimum absolute atomic E-state index is 0.0734. The lowest BCUT2D eigenvalue weighted by atomic mass is 10.1. The van der Waals surface area contributed by atoms with Crippen molar-refractivity contribution in [3.05, 3.63) is 36.7 Å². The normalized spacial score (nSPS) is 10.3. The van der Waals surface area contributed by atoms with Crippen LogP contribution in [0.3, 0.4) is 0 Å². The molecule has 0 aliphatic heterocycles. The first-order chi connectivity index (χ1) is 6.70. The second kappa shape index (κ2) is 2.99. The van der Waals surface area contributed by atoms with Crippen molar-refractivity contribution in [2.75, 3.05) is 0 Å². The Kier molecular flexibility index (Phi) is 1.81. The molecule has 0 fully saturated rings. The highest BCUT2D eigenvalue weighted by atomic mass is 16.4. The molecule has 70 valence electrons. The van der Waals surface area contributed by atoms with E-state index in [0.717, 1.165) is 5.39 Å². The molecular formula is C10H8N2O2. The lowest BCUT2D eigenvalue weighted by Gasteiger charge is -1.96. The molecule has 2 rings (SSSR count). The molecule has 0 unspecified atom stereocenters. The summed E-state index contributed by atoms with van der Waals surface area (Å²) in [4.78, 5) is 17.7. The third-order valence-electron chi connectivity index (χ3n) is 2.03. The van der Waals surface area contributed by atoms with E-state index in [1.54, 1.807) is 18.5 Å². The number of carbonyl (C=O) groups is 1. The maximum Gasteiger partial charge on any atom is 0.335 e. The third-order valence-corrected chi connectivity index (χ3v) is 2.03. The SMILES string of the molecule is C=C(C(=O)O)c1c[nH]c2ncccc12. The number of nitrogens with one attached hydrogen (secondary N) is 1. The van der Waals surface area contributed by atoms with Crippen molar-refractivity contribution < 1.29 is 9.90 Å². The van der Waals surface area contributed by atoms with Crippen molar-refractivity contribution in [1.82, 2.24) is 9.97 Å². The molecule has 4 nitrogen and oxygen atoms in total.